The molecule has 1 rings (SSSR count). The van der Waals surface area contributed by atoms with Crippen molar-refractivity contribution in [2.45, 2.75) is 59.4 Å². The van der Waals surface area contributed by atoms with Crippen LogP contribution in [0.4, 0.5) is 4.79 Å². The third kappa shape index (κ3) is 5.80. The van der Waals surface area contributed by atoms with Crippen molar-refractivity contribution in [1.29, 1.82) is 0 Å². The molecule has 1 aliphatic rings. The summed E-state index contributed by atoms with van der Waals surface area (Å²) >= 11 is 0. The van der Waals surface area contributed by atoms with Gasteiger partial charge in [-0.3, -0.25) is 4.79 Å². The predicted octanol–water partition coefficient (Wildman–Crippen LogP) is 2.61. The van der Waals surface area contributed by atoms with Gasteiger partial charge in [0.1, 0.15) is 0 Å². The molecule has 1 fully saturated rings. The van der Waals surface area contributed by atoms with Gasteiger partial charge in [0.15, 0.2) is 0 Å². The number of amides is 2. The lowest BCUT2D eigenvalue weighted by molar-refractivity contribution is -0.142. The maximum absolute atomic E-state index is 11.8. The van der Waals surface area contributed by atoms with Crippen molar-refractivity contribution >= 4 is 12.0 Å². The van der Waals surface area contributed by atoms with Crippen molar-refractivity contribution in [1.82, 2.24) is 10.6 Å². The summed E-state index contributed by atoms with van der Waals surface area (Å²) in [4.78, 5) is 22.9. The third-order valence-corrected chi connectivity index (χ3v) is 3.92. The maximum atomic E-state index is 11.8. The second-order valence-corrected chi connectivity index (χ2v) is 7.12. The molecule has 20 heavy (non-hydrogen) atoms. The molecule has 0 saturated heterocycles. The highest BCUT2D eigenvalue weighted by molar-refractivity contribution is 5.76. The molecule has 0 spiro atoms. The van der Waals surface area contributed by atoms with Gasteiger partial charge in [-0.05, 0) is 37.0 Å². The van der Waals surface area contributed by atoms with Gasteiger partial charge < -0.3 is 15.7 Å². The lowest BCUT2D eigenvalue weighted by Crippen LogP contribution is -2.44. The zero-order valence-corrected chi connectivity index (χ0v) is 13.0. The molecule has 0 bridgehead atoms. The lowest BCUT2D eigenvalue weighted by Gasteiger charge is -2.19. The number of carboxylic acids is 1. The van der Waals surface area contributed by atoms with Crippen LogP contribution in [0, 0.1) is 17.3 Å². The second kappa shape index (κ2) is 6.95. The Bertz CT molecular complexity index is 353. The van der Waals surface area contributed by atoms with E-state index in [1.165, 1.54) is 0 Å². The fourth-order valence-corrected chi connectivity index (χ4v) is 2.85. The highest BCUT2D eigenvalue weighted by Crippen LogP contribution is 2.36. The molecule has 116 valence electrons. The summed E-state index contributed by atoms with van der Waals surface area (Å²) in [5.41, 5.74) is 0.291. The molecule has 2 amide bonds. The van der Waals surface area contributed by atoms with E-state index < -0.39 is 11.9 Å². The normalized spacial score (nSPS) is 22.6. The van der Waals surface area contributed by atoms with Crippen LogP contribution in [-0.2, 0) is 4.79 Å². The molecule has 0 heterocycles. The minimum atomic E-state index is -0.846. The van der Waals surface area contributed by atoms with Crippen molar-refractivity contribution in [2.24, 2.45) is 17.3 Å². The molecular formula is C15H28N2O3. The molecule has 0 aromatic rings. The van der Waals surface area contributed by atoms with Gasteiger partial charge in [-0.15, -0.1) is 0 Å². The summed E-state index contributed by atoms with van der Waals surface area (Å²) in [5, 5.41) is 14.7. The second-order valence-electron chi connectivity index (χ2n) is 7.12. The van der Waals surface area contributed by atoms with Gasteiger partial charge in [0.05, 0.1) is 5.92 Å². The summed E-state index contributed by atoms with van der Waals surface area (Å²) in [6.45, 7) is 8.56. The quantitative estimate of drug-likeness (QED) is 0.701. The van der Waals surface area contributed by atoms with Gasteiger partial charge in [0.2, 0.25) is 0 Å². The number of aliphatic carboxylic acids is 1. The van der Waals surface area contributed by atoms with Crippen molar-refractivity contribution in [3.63, 3.8) is 0 Å². The number of carboxylic acid groups (broad SMARTS) is 1. The number of hydrogen-bond acceptors (Lipinski definition) is 2. The first-order valence-electron chi connectivity index (χ1n) is 7.47. The van der Waals surface area contributed by atoms with Crippen LogP contribution >= 0.6 is 0 Å². The third-order valence-electron chi connectivity index (χ3n) is 3.92. The fourth-order valence-electron chi connectivity index (χ4n) is 2.85. The van der Waals surface area contributed by atoms with Crippen molar-refractivity contribution in [3.05, 3.63) is 0 Å². The highest BCUT2D eigenvalue weighted by Gasteiger charge is 2.31. The van der Waals surface area contributed by atoms with Gasteiger partial charge in [-0.2, -0.15) is 0 Å². The lowest BCUT2D eigenvalue weighted by atomic mass is 9.92. The van der Waals surface area contributed by atoms with Gasteiger partial charge in [0.25, 0.3) is 0 Å². The predicted molar refractivity (Wildman–Crippen MR) is 78.5 cm³/mol. The first kappa shape index (κ1) is 16.8. The Morgan fingerprint density at radius 3 is 2.45 bits per heavy atom. The van der Waals surface area contributed by atoms with Gasteiger partial charge >= 0.3 is 12.0 Å². The van der Waals surface area contributed by atoms with Crippen LogP contribution in [0.2, 0.25) is 0 Å². The minimum Gasteiger partial charge on any atom is -0.481 e. The van der Waals surface area contributed by atoms with E-state index in [4.69, 9.17) is 5.11 Å². The monoisotopic (exact) mass is 284 g/mol. The van der Waals surface area contributed by atoms with E-state index in [1.54, 1.807) is 0 Å². The van der Waals surface area contributed by atoms with Gasteiger partial charge in [-0.25, -0.2) is 4.79 Å². The van der Waals surface area contributed by atoms with Crippen LogP contribution in [0.3, 0.4) is 0 Å². The summed E-state index contributed by atoms with van der Waals surface area (Å²) in [5.74, 6) is -1.06. The van der Waals surface area contributed by atoms with Crippen LogP contribution < -0.4 is 10.6 Å². The Labute approximate surface area is 121 Å². The molecule has 3 N–H and O–H groups in total. The Kier molecular flexibility index (Phi) is 5.84. The van der Waals surface area contributed by atoms with Crippen molar-refractivity contribution in [2.75, 3.05) is 6.54 Å². The Morgan fingerprint density at radius 1 is 1.35 bits per heavy atom. The van der Waals surface area contributed by atoms with Crippen LogP contribution in [0.15, 0.2) is 0 Å². The summed E-state index contributed by atoms with van der Waals surface area (Å²) in [7, 11) is 0. The summed E-state index contributed by atoms with van der Waals surface area (Å²) in [6, 6.07) is -0.0407. The molecule has 0 aromatic carbocycles. The maximum Gasteiger partial charge on any atom is 0.315 e. The first-order chi connectivity index (χ1) is 9.19. The van der Waals surface area contributed by atoms with E-state index in [0.717, 1.165) is 19.3 Å². The van der Waals surface area contributed by atoms with E-state index in [1.807, 2.05) is 13.8 Å². The molecule has 0 aliphatic heterocycles. The molecule has 5 heteroatoms. The number of carbonyl (C=O) groups excluding carboxylic acids is 1. The first-order valence-corrected chi connectivity index (χ1v) is 7.47. The number of rotatable bonds is 6. The number of urea groups is 1. The molecular weight excluding hydrogens is 256 g/mol. The van der Waals surface area contributed by atoms with Crippen LogP contribution in [0.25, 0.3) is 0 Å². The van der Waals surface area contributed by atoms with E-state index in [9.17, 15) is 9.59 Å². The highest BCUT2D eigenvalue weighted by atomic mass is 16.4. The molecule has 1 saturated carbocycles. The average Bonchev–Trinajstić information content (AvgIpc) is 2.63. The largest absolute Gasteiger partial charge is 0.481 e. The van der Waals surface area contributed by atoms with Crippen molar-refractivity contribution < 1.29 is 14.7 Å². The van der Waals surface area contributed by atoms with Gasteiger partial charge in [0, 0.05) is 12.6 Å². The zero-order chi connectivity index (χ0) is 15.3. The van der Waals surface area contributed by atoms with Crippen LogP contribution in [-0.4, -0.2) is 29.7 Å². The Balaban J connectivity index is 2.33. The van der Waals surface area contributed by atoms with E-state index >= 15 is 0 Å². The zero-order valence-electron chi connectivity index (χ0n) is 13.0. The topological polar surface area (TPSA) is 78.4 Å². The molecule has 0 aromatic heterocycles. The molecule has 2 unspecified atom stereocenters. The van der Waals surface area contributed by atoms with Gasteiger partial charge in [-0.1, -0.05) is 27.7 Å². The summed E-state index contributed by atoms with van der Waals surface area (Å²) in [6.07, 6.45) is 3.67. The fraction of sp³-hybridized carbons (Fsp3) is 0.867. The van der Waals surface area contributed by atoms with E-state index in [2.05, 4.69) is 24.5 Å². The SMILES string of the molecule is CC(C)CC(CNC(=O)NC1CCC(C)(C)C1)C(=O)O. The minimum absolute atomic E-state index is 0.190. The van der Waals surface area contributed by atoms with E-state index in [-0.39, 0.29) is 18.6 Å². The van der Waals surface area contributed by atoms with Crippen LogP contribution in [0.1, 0.15) is 53.4 Å². The number of carbonyl (C=O) groups is 2. The average molecular weight is 284 g/mol. The Morgan fingerprint density at radius 2 is 2.00 bits per heavy atom. The number of hydrogen-bond donors (Lipinski definition) is 3. The molecule has 5 nitrogen and oxygen atoms in total. The van der Waals surface area contributed by atoms with Crippen molar-refractivity contribution in [3.8, 4) is 0 Å². The van der Waals surface area contributed by atoms with E-state index in [0.29, 0.717) is 17.8 Å². The molecule has 0 radical (unpaired) electrons. The molecule has 1 aliphatic carbocycles. The molecule has 2 atom stereocenters. The smallest absolute Gasteiger partial charge is 0.315 e. The van der Waals surface area contributed by atoms with Crippen LogP contribution in [0.5, 0.6) is 0 Å². The summed E-state index contributed by atoms with van der Waals surface area (Å²) < 4.78 is 0. The Hall–Kier alpha value is -1.26. The number of nitrogens with one attached hydrogen (secondary N) is 2. The standard InChI is InChI=1S/C15H28N2O3/c1-10(2)7-11(13(18)19)9-16-14(20)17-12-5-6-15(3,4)8-12/h10-12H,5-9H2,1-4H3,(H,18,19)(H2,16,17,20).